The van der Waals surface area contributed by atoms with Crippen LogP contribution in [0.5, 0.6) is 0 Å². The third-order valence-corrected chi connectivity index (χ3v) is 4.44. The molecule has 106 valence electrons. The molecule has 0 saturated carbocycles. The molecule has 0 aliphatic heterocycles. The van der Waals surface area contributed by atoms with Gasteiger partial charge in [0, 0.05) is 0 Å². The Morgan fingerprint density at radius 3 is 2.35 bits per heavy atom. The summed E-state index contributed by atoms with van der Waals surface area (Å²) in [7, 11) is -3.93. The van der Waals surface area contributed by atoms with E-state index in [9.17, 15) is 8.42 Å². The van der Waals surface area contributed by atoms with Crippen molar-refractivity contribution in [2.45, 2.75) is 11.8 Å². The predicted molar refractivity (Wildman–Crippen MR) is 78.5 cm³/mol. The van der Waals surface area contributed by atoms with Gasteiger partial charge in [-0.15, -0.1) is 0 Å². The summed E-state index contributed by atoms with van der Waals surface area (Å²) in [5, 5.41) is -0.196. The SMILES string of the molecule is Cc1ccc(S(=O)(=O)Nc2c(Cl)ncnc2Cl)c(N)c1. The molecule has 0 aliphatic carbocycles. The smallest absolute Gasteiger partial charge is 0.264 e. The highest BCUT2D eigenvalue weighted by atomic mass is 35.5. The van der Waals surface area contributed by atoms with Gasteiger partial charge in [-0.1, -0.05) is 29.3 Å². The first kappa shape index (κ1) is 14.8. The van der Waals surface area contributed by atoms with Crippen molar-refractivity contribution in [1.82, 2.24) is 9.97 Å². The van der Waals surface area contributed by atoms with E-state index in [0.29, 0.717) is 0 Å². The molecule has 1 aromatic carbocycles. The number of nitrogen functional groups attached to an aromatic ring is 1. The number of hydrogen-bond acceptors (Lipinski definition) is 5. The second kappa shape index (κ2) is 5.43. The minimum atomic E-state index is -3.93. The summed E-state index contributed by atoms with van der Waals surface area (Å²) >= 11 is 11.6. The fraction of sp³-hybridized carbons (Fsp3) is 0.0909. The van der Waals surface area contributed by atoms with E-state index < -0.39 is 10.0 Å². The van der Waals surface area contributed by atoms with Gasteiger partial charge in [-0.2, -0.15) is 0 Å². The number of aromatic nitrogens is 2. The Labute approximate surface area is 126 Å². The van der Waals surface area contributed by atoms with Gasteiger partial charge in [-0.05, 0) is 24.6 Å². The van der Waals surface area contributed by atoms with Crippen molar-refractivity contribution in [3.05, 3.63) is 40.4 Å². The highest BCUT2D eigenvalue weighted by Crippen LogP contribution is 2.29. The number of benzene rings is 1. The van der Waals surface area contributed by atoms with E-state index in [1.807, 2.05) is 0 Å². The lowest BCUT2D eigenvalue weighted by atomic mass is 10.2. The van der Waals surface area contributed by atoms with Gasteiger partial charge in [0.25, 0.3) is 10.0 Å². The average molecular weight is 333 g/mol. The van der Waals surface area contributed by atoms with Crippen LogP contribution in [0, 0.1) is 6.92 Å². The molecule has 6 nitrogen and oxygen atoms in total. The highest BCUT2D eigenvalue weighted by Gasteiger charge is 2.21. The molecular weight excluding hydrogens is 323 g/mol. The third-order valence-electron chi connectivity index (χ3n) is 2.45. The molecule has 0 amide bonds. The number of nitrogens with one attached hydrogen (secondary N) is 1. The standard InChI is InChI=1S/C11H10Cl2N4O2S/c1-6-2-3-8(7(14)4-6)20(18,19)17-9-10(12)15-5-16-11(9)13/h2-5,17H,14H2,1H3. The number of nitrogens with two attached hydrogens (primary N) is 1. The zero-order valence-electron chi connectivity index (χ0n) is 10.3. The minimum Gasteiger partial charge on any atom is -0.398 e. The highest BCUT2D eigenvalue weighted by molar-refractivity contribution is 7.93. The van der Waals surface area contributed by atoms with Crippen molar-refractivity contribution in [2.75, 3.05) is 10.5 Å². The maximum Gasteiger partial charge on any atom is 0.264 e. The van der Waals surface area contributed by atoms with Gasteiger partial charge >= 0.3 is 0 Å². The Morgan fingerprint density at radius 2 is 1.80 bits per heavy atom. The third kappa shape index (κ3) is 2.95. The van der Waals surface area contributed by atoms with Crippen LogP contribution in [0.15, 0.2) is 29.4 Å². The molecule has 1 aromatic heterocycles. The second-order valence-electron chi connectivity index (χ2n) is 3.98. The second-order valence-corrected chi connectivity index (χ2v) is 6.34. The zero-order valence-corrected chi connectivity index (χ0v) is 12.6. The largest absolute Gasteiger partial charge is 0.398 e. The van der Waals surface area contributed by atoms with Crippen LogP contribution < -0.4 is 10.5 Å². The molecule has 9 heteroatoms. The van der Waals surface area contributed by atoms with Crippen molar-refractivity contribution >= 4 is 44.6 Å². The summed E-state index contributed by atoms with van der Waals surface area (Å²) in [6.07, 6.45) is 1.13. The number of rotatable bonds is 3. The van der Waals surface area contributed by atoms with Gasteiger partial charge in [0.05, 0.1) is 5.69 Å². The lowest BCUT2D eigenvalue weighted by Crippen LogP contribution is -2.16. The van der Waals surface area contributed by atoms with E-state index in [0.717, 1.165) is 11.9 Å². The molecule has 0 fully saturated rings. The molecule has 0 spiro atoms. The number of anilines is 2. The minimum absolute atomic E-state index is 0.0703. The topological polar surface area (TPSA) is 98.0 Å². The van der Waals surface area contributed by atoms with Crippen LogP contribution in [0.2, 0.25) is 10.3 Å². The summed E-state index contributed by atoms with van der Waals surface area (Å²) < 4.78 is 26.8. The Hall–Kier alpha value is -1.57. The normalized spacial score (nSPS) is 11.3. The first-order valence-electron chi connectivity index (χ1n) is 5.36. The van der Waals surface area contributed by atoms with Crippen molar-refractivity contribution in [2.24, 2.45) is 0 Å². The fourth-order valence-corrected chi connectivity index (χ4v) is 3.24. The first-order chi connectivity index (χ1) is 9.31. The Kier molecular flexibility index (Phi) is 4.03. The number of sulfonamides is 1. The summed E-state index contributed by atoms with van der Waals surface area (Å²) in [6.45, 7) is 1.80. The number of hydrogen-bond donors (Lipinski definition) is 2. The van der Waals surface area contributed by atoms with Crippen LogP contribution in [0.3, 0.4) is 0 Å². The molecule has 0 atom stereocenters. The van der Waals surface area contributed by atoms with E-state index in [1.54, 1.807) is 19.1 Å². The molecule has 0 unspecified atom stereocenters. The Balaban J connectivity index is 2.46. The van der Waals surface area contributed by atoms with E-state index in [1.165, 1.54) is 6.07 Å². The Morgan fingerprint density at radius 1 is 1.20 bits per heavy atom. The zero-order chi connectivity index (χ0) is 14.9. The van der Waals surface area contributed by atoms with Gasteiger partial charge < -0.3 is 5.73 Å². The monoisotopic (exact) mass is 332 g/mol. The van der Waals surface area contributed by atoms with Gasteiger partial charge in [0.1, 0.15) is 16.9 Å². The van der Waals surface area contributed by atoms with Crippen LogP contribution >= 0.6 is 23.2 Å². The lowest BCUT2D eigenvalue weighted by Gasteiger charge is -2.11. The molecule has 2 aromatic rings. The average Bonchev–Trinajstić information content (AvgIpc) is 2.33. The van der Waals surface area contributed by atoms with Gasteiger partial charge in [0.15, 0.2) is 10.3 Å². The maximum atomic E-state index is 12.3. The quantitative estimate of drug-likeness (QED) is 0.664. The molecule has 0 saturated heterocycles. The van der Waals surface area contributed by atoms with Crippen molar-refractivity contribution in [3.8, 4) is 0 Å². The number of nitrogens with zero attached hydrogens (tertiary/aromatic N) is 2. The number of aryl methyl sites for hydroxylation is 1. The molecule has 0 bridgehead atoms. The van der Waals surface area contributed by atoms with E-state index in [4.69, 9.17) is 28.9 Å². The van der Waals surface area contributed by atoms with Crippen LogP contribution in [-0.4, -0.2) is 18.4 Å². The fourth-order valence-electron chi connectivity index (χ4n) is 1.53. The molecule has 3 N–H and O–H groups in total. The molecule has 1 heterocycles. The maximum absolute atomic E-state index is 12.3. The van der Waals surface area contributed by atoms with E-state index >= 15 is 0 Å². The molecular formula is C11H10Cl2N4O2S. The molecule has 0 radical (unpaired) electrons. The van der Waals surface area contributed by atoms with Gasteiger partial charge in [0.2, 0.25) is 0 Å². The molecule has 20 heavy (non-hydrogen) atoms. The van der Waals surface area contributed by atoms with Gasteiger partial charge in [-0.25, -0.2) is 18.4 Å². The molecule has 0 aliphatic rings. The summed E-state index contributed by atoms with van der Waals surface area (Å²) in [5.74, 6) is 0. The van der Waals surface area contributed by atoms with Crippen molar-refractivity contribution in [3.63, 3.8) is 0 Å². The summed E-state index contributed by atoms with van der Waals surface area (Å²) in [4.78, 5) is 7.26. The van der Waals surface area contributed by atoms with E-state index in [2.05, 4.69) is 14.7 Å². The Bertz CT molecular complexity index is 745. The summed E-state index contributed by atoms with van der Waals surface area (Å²) in [6, 6.07) is 4.59. The van der Waals surface area contributed by atoms with Crippen molar-refractivity contribution < 1.29 is 8.42 Å². The predicted octanol–water partition coefficient (Wildman–Crippen LogP) is 2.47. The van der Waals surface area contributed by atoms with Gasteiger partial charge in [-0.3, -0.25) is 4.72 Å². The van der Waals surface area contributed by atoms with Crippen molar-refractivity contribution in [1.29, 1.82) is 0 Å². The van der Waals surface area contributed by atoms with Crippen LogP contribution in [0.4, 0.5) is 11.4 Å². The number of halogens is 2. The van der Waals surface area contributed by atoms with Crippen LogP contribution in [0.1, 0.15) is 5.56 Å². The van der Waals surface area contributed by atoms with Crippen LogP contribution in [0.25, 0.3) is 0 Å². The summed E-state index contributed by atoms with van der Waals surface area (Å²) in [5.41, 5.74) is 6.61. The lowest BCUT2D eigenvalue weighted by molar-refractivity contribution is 0.601. The molecule has 2 rings (SSSR count). The van der Waals surface area contributed by atoms with Crippen LogP contribution in [-0.2, 0) is 10.0 Å². The van der Waals surface area contributed by atoms with E-state index in [-0.39, 0.29) is 26.6 Å². The first-order valence-corrected chi connectivity index (χ1v) is 7.60.